The summed E-state index contributed by atoms with van der Waals surface area (Å²) in [6.45, 7) is 1.22. The second-order valence-corrected chi connectivity index (χ2v) is 8.05. The van der Waals surface area contributed by atoms with Crippen molar-refractivity contribution < 1.29 is 31.4 Å². The molecule has 5 nitrogen and oxygen atoms in total. The number of fused-ring (bicyclic) bond motifs is 1. The molecule has 2 aromatic rings. The first-order valence-electron chi connectivity index (χ1n) is 7.42. The number of nitrogens with zero attached hydrogens (tertiary/aromatic N) is 1. The van der Waals surface area contributed by atoms with Gasteiger partial charge in [-0.1, -0.05) is 0 Å². The summed E-state index contributed by atoms with van der Waals surface area (Å²) in [6, 6.07) is 6.81. The molecule has 2 aromatic carbocycles. The summed E-state index contributed by atoms with van der Waals surface area (Å²) in [6.07, 6.45) is -4.77. The number of sulfone groups is 1. The molecule has 1 heterocycles. The number of ether oxygens (including phenoxy) is 1. The van der Waals surface area contributed by atoms with Gasteiger partial charge in [-0.2, -0.15) is 5.26 Å². The molecule has 2 atom stereocenters. The van der Waals surface area contributed by atoms with Crippen LogP contribution in [0.3, 0.4) is 0 Å². The Labute approximate surface area is 147 Å². The van der Waals surface area contributed by atoms with Gasteiger partial charge in [0.05, 0.1) is 33.4 Å². The van der Waals surface area contributed by atoms with E-state index < -0.39 is 50.3 Å². The summed E-state index contributed by atoms with van der Waals surface area (Å²) in [5.41, 5.74) is -1.26. The van der Waals surface area contributed by atoms with Crippen molar-refractivity contribution in [3.05, 3.63) is 52.8 Å². The Hall–Kier alpha value is -2.57. The van der Waals surface area contributed by atoms with Crippen LogP contribution >= 0.6 is 0 Å². The first kappa shape index (κ1) is 18.2. The van der Waals surface area contributed by atoms with Gasteiger partial charge < -0.3 is 9.84 Å². The molecule has 1 aliphatic heterocycles. The number of nitriles is 1. The largest absolute Gasteiger partial charge is 0.457 e. The fourth-order valence-corrected chi connectivity index (χ4v) is 4.55. The highest BCUT2D eigenvalue weighted by Crippen LogP contribution is 2.47. The summed E-state index contributed by atoms with van der Waals surface area (Å²) in [5.74, 6) is -1.42. The van der Waals surface area contributed by atoms with E-state index in [0.29, 0.717) is 0 Å². The van der Waals surface area contributed by atoms with E-state index in [1.54, 1.807) is 6.07 Å². The van der Waals surface area contributed by atoms with Crippen molar-refractivity contribution in [1.29, 1.82) is 5.26 Å². The Balaban J connectivity index is 2.17. The van der Waals surface area contributed by atoms with E-state index in [1.807, 2.05) is 0 Å². The van der Waals surface area contributed by atoms with Crippen molar-refractivity contribution in [3.63, 3.8) is 0 Å². The number of rotatable bonds is 3. The molecule has 0 radical (unpaired) electrons. The summed E-state index contributed by atoms with van der Waals surface area (Å²) < 4.78 is 70.6. The van der Waals surface area contributed by atoms with E-state index in [4.69, 9.17) is 10.00 Å². The van der Waals surface area contributed by atoms with E-state index in [0.717, 1.165) is 30.3 Å². The van der Waals surface area contributed by atoms with Gasteiger partial charge in [0.2, 0.25) is 0 Å². The standard InChI is InChI=1S/C17H12F3NO4S/c1-8-16(22)15-13(26(8,23)24)3-2-12(14(15)17(19)20)25-11-5-9(7-21)4-10(18)6-11/h2-6,8,16-17,22H,1H3/t8-,16?/m1/s1. The van der Waals surface area contributed by atoms with Crippen molar-refractivity contribution in [3.8, 4) is 17.6 Å². The van der Waals surface area contributed by atoms with Crippen molar-refractivity contribution in [1.82, 2.24) is 0 Å². The van der Waals surface area contributed by atoms with E-state index >= 15 is 0 Å². The van der Waals surface area contributed by atoms with Crippen LogP contribution in [0.2, 0.25) is 0 Å². The number of halogens is 3. The molecule has 1 unspecified atom stereocenters. The summed E-state index contributed by atoms with van der Waals surface area (Å²) in [5, 5.41) is 17.7. The Morgan fingerprint density at radius 3 is 2.58 bits per heavy atom. The maximum Gasteiger partial charge on any atom is 0.267 e. The Kier molecular flexibility index (Phi) is 4.42. The van der Waals surface area contributed by atoms with Gasteiger partial charge in [0.1, 0.15) is 17.3 Å². The molecule has 0 saturated carbocycles. The maximum atomic E-state index is 13.7. The van der Waals surface area contributed by atoms with Gasteiger partial charge >= 0.3 is 0 Å². The molecule has 1 aliphatic rings. The molecule has 0 spiro atoms. The van der Waals surface area contributed by atoms with Gasteiger partial charge in [0, 0.05) is 11.6 Å². The van der Waals surface area contributed by atoms with Gasteiger partial charge in [0.25, 0.3) is 6.43 Å². The molecule has 9 heteroatoms. The predicted molar refractivity (Wildman–Crippen MR) is 84.2 cm³/mol. The Bertz CT molecular complexity index is 1030. The molecule has 0 fully saturated rings. The average Bonchev–Trinajstić information content (AvgIpc) is 2.74. The third kappa shape index (κ3) is 2.81. The van der Waals surface area contributed by atoms with Gasteiger partial charge in [-0.3, -0.25) is 0 Å². The lowest BCUT2D eigenvalue weighted by Gasteiger charge is -2.16. The molecule has 136 valence electrons. The summed E-state index contributed by atoms with van der Waals surface area (Å²) >= 11 is 0. The topological polar surface area (TPSA) is 87.4 Å². The normalized spacial score (nSPS) is 20.7. The fourth-order valence-electron chi connectivity index (χ4n) is 2.88. The molecule has 0 aliphatic carbocycles. The van der Waals surface area contributed by atoms with Gasteiger partial charge in [-0.15, -0.1) is 0 Å². The second kappa shape index (κ2) is 6.30. The molecular formula is C17H12F3NO4S. The molecule has 0 bridgehead atoms. The molecule has 0 aromatic heterocycles. The fraction of sp³-hybridized carbons (Fsp3) is 0.235. The first-order chi connectivity index (χ1) is 12.2. The minimum Gasteiger partial charge on any atom is -0.457 e. The third-order valence-corrected chi connectivity index (χ3v) is 6.40. The van der Waals surface area contributed by atoms with Crippen LogP contribution in [0.25, 0.3) is 0 Å². The van der Waals surface area contributed by atoms with Crippen LogP contribution in [0, 0.1) is 17.1 Å². The lowest BCUT2D eigenvalue weighted by molar-refractivity contribution is 0.133. The number of aliphatic hydroxyl groups is 1. The Morgan fingerprint density at radius 1 is 1.27 bits per heavy atom. The highest BCUT2D eigenvalue weighted by Gasteiger charge is 2.45. The number of hydrogen-bond acceptors (Lipinski definition) is 5. The lowest BCUT2D eigenvalue weighted by Crippen LogP contribution is -2.16. The Morgan fingerprint density at radius 2 is 1.96 bits per heavy atom. The van der Waals surface area contributed by atoms with Crippen LogP contribution in [-0.2, 0) is 9.84 Å². The van der Waals surface area contributed by atoms with Crippen molar-refractivity contribution >= 4 is 9.84 Å². The SMILES string of the molecule is C[C@@H]1C(O)c2c(ccc(Oc3cc(F)cc(C#N)c3)c2C(F)F)S1(=O)=O. The zero-order valence-electron chi connectivity index (χ0n) is 13.3. The number of alkyl halides is 2. The quantitative estimate of drug-likeness (QED) is 0.874. The molecule has 1 N–H and O–H groups in total. The summed E-state index contributed by atoms with van der Waals surface area (Å²) in [4.78, 5) is -0.378. The number of hydrogen-bond donors (Lipinski definition) is 1. The van der Waals surface area contributed by atoms with Gasteiger partial charge in [0.15, 0.2) is 9.84 Å². The zero-order valence-corrected chi connectivity index (χ0v) is 14.1. The van der Waals surface area contributed by atoms with Gasteiger partial charge in [-0.25, -0.2) is 21.6 Å². The smallest absolute Gasteiger partial charge is 0.267 e. The van der Waals surface area contributed by atoms with E-state index in [-0.39, 0.29) is 16.2 Å². The van der Waals surface area contributed by atoms with Crippen LogP contribution < -0.4 is 4.74 Å². The minimum absolute atomic E-state index is 0.0732. The molecule has 3 rings (SSSR count). The van der Waals surface area contributed by atoms with Crippen LogP contribution in [0.15, 0.2) is 35.2 Å². The molecule has 0 saturated heterocycles. The monoisotopic (exact) mass is 383 g/mol. The van der Waals surface area contributed by atoms with Crippen LogP contribution in [0.5, 0.6) is 11.5 Å². The molecule has 0 amide bonds. The lowest BCUT2D eigenvalue weighted by atomic mass is 10.00. The second-order valence-electron chi connectivity index (χ2n) is 5.77. The van der Waals surface area contributed by atoms with Crippen molar-refractivity contribution in [2.45, 2.75) is 29.6 Å². The van der Waals surface area contributed by atoms with Crippen molar-refractivity contribution in [2.24, 2.45) is 0 Å². The summed E-state index contributed by atoms with van der Waals surface area (Å²) in [7, 11) is -3.94. The molecular weight excluding hydrogens is 371 g/mol. The number of aliphatic hydroxyl groups excluding tert-OH is 1. The van der Waals surface area contributed by atoms with E-state index in [1.165, 1.54) is 6.92 Å². The van der Waals surface area contributed by atoms with Crippen LogP contribution in [0.4, 0.5) is 13.2 Å². The van der Waals surface area contributed by atoms with E-state index in [2.05, 4.69) is 0 Å². The number of benzene rings is 2. The highest BCUT2D eigenvalue weighted by atomic mass is 32.2. The molecule has 26 heavy (non-hydrogen) atoms. The average molecular weight is 383 g/mol. The van der Waals surface area contributed by atoms with E-state index in [9.17, 15) is 26.7 Å². The highest BCUT2D eigenvalue weighted by molar-refractivity contribution is 7.92. The predicted octanol–water partition coefficient (Wildman–Crippen LogP) is 3.64. The van der Waals surface area contributed by atoms with Gasteiger partial charge in [-0.05, 0) is 31.2 Å². The third-order valence-electron chi connectivity index (χ3n) is 4.19. The van der Waals surface area contributed by atoms with Crippen LogP contribution in [0.1, 0.15) is 36.1 Å². The van der Waals surface area contributed by atoms with Crippen molar-refractivity contribution in [2.75, 3.05) is 0 Å². The first-order valence-corrected chi connectivity index (χ1v) is 8.97. The zero-order chi connectivity index (χ0) is 19.2. The minimum atomic E-state index is -3.94. The maximum absolute atomic E-state index is 13.7. The van der Waals surface area contributed by atoms with Crippen LogP contribution in [-0.4, -0.2) is 18.8 Å².